The summed E-state index contributed by atoms with van der Waals surface area (Å²) in [7, 11) is 0. The van der Waals surface area contributed by atoms with E-state index in [1.165, 1.54) is 0 Å². The molecule has 0 aliphatic heterocycles. The van der Waals surface area contributed by atoms with Gasteiger partial charge in [-0.1, -0.05) is 54.6 Å². The second-order valence-electron chi connectivity index (χ2n) is 9.57. The van der Waals surface area contributed by atoms with E-state index in [2.05, 4.69) is 17.4 Å². The standard InChI is InChI=1S/C27H37NO5/c1-6-32-24(30)27(5,16-17-29)19-23(28-25(31)33-26(2,3)4)18-20-12-14-22(15-13-20)21-10-8-7-9-11-21/h7-15,23,29H,6,16-19H2,1-5H3,(H,28,31)/t23-,27?/m1/s1. The number of carbonyl (C=O) groups excluding carboxylic acids is 2. The van der Waals surface area contributed by atoms with Crippen LogP contribution in [0.3, 0.4) is 0 Å². The first-order valence-corrected chi connectivity index (χ1v) is 11.5. The third-order valence-electron chi connectivity index (χ3n) is 5.39. The Kier molecular flexibility index (Phi) is 9.47. The first-order chi connectivity index (χ1) is 15.6. The highest BCUT2D eigenvalue weighted by Gasteiger charge is 2.37. The molecular weight excluding hydrogens is 418 g/mol. The molecule has 0 aromatic heterocycles. The van der Waals surface area contributed by atoms with Crippen molar-refractivity contribution in [1.82, 2.24) is 5.32 Å². The van der Waals surface area contributed by atoms with Gasteiger partial charge in [0.05, 0.1) is 12.0 Å². The van der Waals surface area contributed by atoms with E-state index >= 15 is 0 Å². The molecule has 33 heavy (non-hydrogen) atoms. The van der Waals surface area contributed by atoms with Crippen molar-refractivity contribution >= 4 is 12.1 Å². The van der Waals surface area contributed by atoms with Gasteiger partial charge in [0.25, 0.3) is 0 Å². The van der Waals surface area contributed by atoms with E-state index in [4.69, 9.17) is 9.47 Å². The van der Waals surface area contributed by atoms with Crippen molar-refractivity contribution in [3.8, 4) is 11.1 Å². The van der Waals surface area contributed by atoms with Gasteiger partial charge in [-0.3, -0.25) is 4.79 Å². The maximum absolute atomic E-state index is 12.7. The molecule has 0 bridgehead atoms. The molecule has 0 saturated carbocycles. The van der Waals surface area contributed by atoms with E-state index in [0.717, 1.165) is 16.7 Å². The van der Waals surface area contributed by atoms with Crippen LogP contribution >= 0.6 is 0 Å². The lowest BCUT2D eigenvalue weighted by molar-refractivity contribution is -0.156. The van der Waals surface area contributed by atoms with Gasteiger partial charge in [0, 0.05) is 12.6 Å². The maximum atomic E-state index is 12.7. The summed E-state index contributed by atoms with van der Waals surface area (Å²) in [4.78, 5) is 25.2. The van der Waals surface area contributed by atoms with Gasteiger partial charge in [0.1, 0.15) is 5.60 Å². The minimum atomic E-state index is -0.936. The van der Waals surface area contributed by atoms with Crippen LogP contribution in [0.15, 0.2) is 54.6 Å². The largest absolute Gasteiger partial charge is 0.466 e. The fraction of sp³-hybridized carbons (Fsp3) is 0.481. The van der Waals surface area contributed by atoms with Crippen LogP contribution in [0.5, 0.6) is 0 Å². The average molecular weight is 456 g/mol. The number of hydrogen-bond donors (Lipinski definition) is 2. The van der Waals surface area contributed by atoms with Gasteiger partial charge in [-0.05, 0) is 70.6 Å². The highest BCUT2D eigenvalue weighted by molar-refractivity contribution is 5.76. The molecule has 1 unspecified atom stereocenters. The van der Waals surface area contributed by atoms with Crippen molar-refractivity contribution in [3.05, 3.63) is 60.2 Å². The second-order valence-corrected chi connectivity index (χ2v) is 9.57. The lowest BCUT2D eigenvalue weighted by Crippen LogP contribution is -2.45. The zero-order valence-electron chi connectivity index (χ0n) is 20.4. The number of amides is 1. The van der Waals surface area contributed by atoms with Crippen LogP contribution in [0.4, 0.5) is 4.79 Å². The second kappa shape index (κ2) is 11.8. The molecule has 6 heteroatoms. The summed E-state index contributed by atoms with van der Waals surface area (Å²) in [6, 6.07) is 17.9. The Morgan fingerprint density at radius 1 is 0.970 bits per heavy atom. The number of esters is 1. The predicted octanol–water partition coefficient (Wildman–Crippen LogP) is 5.13. The highest BCUT2D eigenvalue weighted by atomic mass is 16.6. The monoisotopic (exact) mass is 455 g/mol. The molecule has 0 aliphatic carbocycles. The molecule has 0 fully saturated rings. The van der Waals surface area contributed by atoms with Gasteiger partial charge in [-0.25, -0.2) is 4.79 Å². The molecule has 2 rings (SSSR count). The van der Waals surface area contributed by atoms with Crippen molar-refractivity contribution in [2.24, 2.45) is 5.41 Å². The lowest BCUT2D eigenvalue weighted by Gasteiger charge is -2.32. The Balaban J connectivity index is 2.24. The summed E-state index contributed by atoms with van der Waals surface area (Å²) >= 11 is 0. The van der Waals surface area contributed by atoms with E-state index in [1.54, 1.807) is 34.6 Å². The average Bonchev–Trinajstić information content (AvgIpc) is 2.74. The summed E-state index contributed by atoms with van der Waals surface area (Å²) in [5, 5.41) is 12.5. The van der Waals surface area contributed by atoms with Gasteiger partial charge < -0.3 is 19.9 Å². The molecule has 1 amide bonds. The van der Waals surface area contributed by atoms with E-state index in [-0.39, 0.29) is 31.6 Å². The molecule has 2 atom stereocenters. The summed E-state index contributed by atoms with van der Waals surface area (Å²) in [6.45, 7) is 9.03. The Morgan fingerprint density at radius 2 is 1.58 bits per heavy atom. The van der Waals surface area contributed by atoms with Crippen LogP contribution in [-0.4, -0.2) is 42.0 Å². The topological polar surface area (TPSA) is 84.9 Å². The molecule has 2 aromatic rings. The molecule has 0 heterocycles. The molecule has 0 radical (unpaired) electrons. The number of benzene rings is 2. The van der Waals surface area contributed by atoms with Crippen molar-refractivity contribution in [3.63, 3.8) is 0 Å². The van der Waals surface area contributed by atoms with Crippen LogP contribution in [0.2, 0.25) is 0 Å². The van der Waals surface area contributed by atoms with Crippen LogP contribution in [0.1, 0.15) is 53.0 Å². The van der Waals surface area contributed by atoms with E-state index in [0.29, 0.717) is 12.8 Å². The van der Waals surface area contributed by atoms with Gasteiger partial charge in [0.2, 0.25) is 0 Å². The van der Waals surface area contributed by atoms with Crippen molar-refractivity contribution in [2.45, 2.75) is 65.5 Å². The fourth-order valence-corrected chi connectivity index (χ4v) is 3.78. The zero-order chi connectivity index (χ0) is 24.5. The summed E-state index contributed by atoms with van der Waals surface area (Å²) < 4.78 is 10.7. The molecule has 0 aliphatic rings. The minimum absolute atomic E-state index is 0.153. The Hall–Kier alpha value is -2.86. The lowest BCUT2D eigenvalue weighted by atomic mass is 9.79. The molecular formula is C27H37NO5. The normalized spacial score (nSPS) is 14.1. The third kappa shape index (κ3) is 8.54. The van der Waals surface area contributed by atoms with Crippen molar-refractivity contribution in [2.75, 3.05) is 13.2 Å². The Morgan fingerprint density at radius 3 is 2.12 bits per heavy atom. The van der Waals surface area contributed by atoms with Crippen molar-refractivity contribution < 1.29 is 24.2 Å². The molecule has 180 valence electrons. The van der Waals surface area contributed by atoms with Gasteiger partial charge in [-0.15, -0.1) is 0 Å². The Labute approximate surface area is 197 Å². The fourth-order valence-electron chi connectivity index (χ4n) is 3.78. The van der Waals surface area contributed by atoms with E-state index in [9.17, 15) is 14.7 Å². The predicted molar refractivity (Wildman–Crippen MR) is 130 cm³/mol. The van der Waals surface area contributed by atoms with Crippen molar-refractivity contribution in [1.29, 1.82) is 0 Å². The van der Waals surface area contributed by atoms with E-state index in [1.807, 2.05) is 42.5 Å². The minimum Gasteiger partial charge on any atom is -0.466 e. The summed E-state index contributed by atoms with van der Waals surface area (Å²) in [5.74, 6) is -0.380. The van der Waals surface area contributed by atoms with Crippen LogP contribution in [0.25, 0.3) is 11.1 Å². The molecule has 6 nitrogen and oxygen atoms in total. The number of carbonyl (C=O) groups is 2. The number of aliphatic hydroxyl groups excluding tert-OH is 1. The van der Waals surface area contributed by atoms with Crippen LogP contribution < -0.4 is 5.32 Å². The quantitative estimate of drug-likeness (QED) is 0.485. The number of alkyl carbamates (subject to hydrolysis) is 1. The first-order valence-electron chi connectivity index (χ1n) is 11.5. The van der Waals surface area contributed by atoms with Crippen LogP contribution in [0, 0.1) is 5.41 Å². The SMILES string of the molecule is CCOC(=O)C(C)(CCO)C[C@@H](Cc1ccc(-c2ccccc2)cc1)NC(=O)OC(C)(C)C. The first kappa shape index (κ1) is 26.4. The van der Waals surface area contributed by atoms with E-state index < -0.39 is 17.1 Å². The number of aliphatic hydroxyl groups is 1. The van der Waals surface area contributed by atoms with Gasteiger partial charge >= 0.3 is 12.1 Å². The zero-order valence-corrected chi connectivity index (χ0v) is 20.4. The smallest absolute Gasteiger partial charge is 0.407 e. The maximum Gasteiger partial charge on any atom is 0.407 e. The molecule has 2 N–H and O–H groups in total. The highest BCUT2D eigenvalue weighted by Crippen LogP contribution is 2.31. The molecule has 0 saturated heterocycles. The summed E-state index contributed by atoms with van der Waals surface area (Å²) in [5.41, 5.74) is 1.68. The third-order valence-corrected chi connectivity index (χ3v) is 5.39. The molecule has 2 aromatic carbocycles. The summed E-state index contributed by atoms with van der Waals surface area (Å²) in [6.07, 6.45) is 0.523. The number of ether oxygens (including phenoxy) is 2. The van der Waals surface area contributed by atoms with Gasteiger partial charge in [0.15, 0.2) is 0 Å². The number of hydrogen-bond acceptors (Lipinski definition) is 5. The number of rotatable bonds is 10. The molecule has 0 spiro atoms. The Bertz CT molecular complexity index is 889. The number of nitrogens with one attached hydrogen (secondary N) is 1. The van der Waals surface area contributed by atoms with Gasteiger partial charge in [-0.2, -0.15) is 0 Å². The van der Waals surface area contributed by atoms with Crippen LogP contribution in [-0.2, 0) is 20.7 Å².